The van der Waals surface area contributed by atoms with Crippen molar-refractivity contribution >= 4 is 16.5 Å². The van der Waals surface area contributed by atoms with Gasteiger partial charge in [-0.1, -0.05) is 11.3 Å². The molecule has 2 heterocycles. The van der Waals surface area contributed by atoms with E-state index in [9.17, 15) is 0 Å². The maximum atomic E-state index is 4.24. The second-order valence-corrected chi connectivity index (χ2v) is 3.56. The van der Waals surface area contributed by atoms with E-state index in [4.69, 9.17) is 0 Å². The molecule has 0 saturated heterocycles. The summed E-state index contributed by atoms with van der Waals surface area (Å²) in [5.74, 6) is 1.02. The van der Waals surface area contributed by atoms with Gasteiger partial charge in [-0.3, -0.25) is 0 Å². The normalized spacial score (nSPS) is 10.4. The summed E-state index contributed by atoms with van der Waals surface area (Å²) < 4.78 is 2.09. The molecule has 0 aliphatic carbocycles. The molecule has 0 spiro atoms. The van der Waals surface area contributed by atoms with Gasteiger partial charge in [0, 0.05) is 18.9 Å². The Balaban J connectivity index is 1.98. The molecule has 2 aromatic rings. The predicted octanol–water partition coefficient (Wildman–Crippen LogP) is 1.37. The fourth-order valence-corrected chi connectivity index (χ4v) is 1.64. The van der Waals surface area contributed by atoms with Crippen molar-refractivity contribution < 1.29 is 0 Å². The molecule has 0 bridgehead atoms. The van der Waals surface area contributed by atoms with Crippen LogP contribution in [0.4, 0.5) is 5.13 Å². The van der Waals surface area contributed by atoms with E-state index in [1.165, 1.54) is 11.3 Å². The van der Waals surface area contributed by atoms with Crippen molar-refractivity contribution in [1.82, 2.24) is 19.7 Å². The van der Waals surface area contributed by atoms with Crippen LogP contribution in [-0.4, -0.2) is 19.7 Å². The fourth-order valence-electron chi connectivity index (χ4n) is 1.20. The van der Waals surface area contributed by atoms with Gasteiger partial charge in [0.1, 0.15) is 11.3 Å². The lowest BCUT2D eigenvalue weighted by molar-refractivity contribution is 0.707. The average molecular weight is 209 g/mol. The van der Waals surface area contributed by atoms with E-state index in [0.717, 1.165) is 17.5 Å². The topological polar surface area (TPSA) is 55.6 Å². The molecule has 5 nitrogen and oxygen atoms in total. The highest BCUT2D eigenvalue weighted by atomic mass is 32.1. The third kappa shape index (κ3) is 1.90. The van der Waals surface area contributed by atoms with Gasteiger partial charge in [-0.2, -0.15) is 0 Å². The van der Waals surface area contributed by atoms with Crippen molar-refractivity contribution in [2.75, 3.05) is 5.32 Å². The summed E-state index contributed by atoms with van der Waals surface area (Å²) in [6, 6.07) is 0. The second-order valence-electron chi connectivity index (χ2n) is 2.73. The van der Waals surface area contributed by atoms with E-state index in [1.54, 1.807) is 11.7 Å². The standard InChI is InChI=1S/C8H11N5S/c1-2-13-4-3-9-7(13)5-10-8-12-11-6-14-8/h3-4,6H,2,5H2,1H3,(H,10,12). The molecule has 0 aliphatic heterocycles. The molecule has 2 aromatic heterocycles. The monoisotopic (exact) mass is 209 g/mol. The Labute approximate surface area is 85.8 Å². The number of hydrogen-bond donors (Lipinski definition) is 1. The van der Waals surface area contributed by atoms with Crippen LogP contribution in [0, 0.1) is 0 Å². The minimum atomic E-state index is 0.691. The van der Waals surface area contributed by atoms with Crippen LogP contribution in [0.1, 0.15) is 12.7 Å². The summed E-state index contributed by atoms with van der Waals surface area (Å²) in [6.45, 7) is 3.72. The highest BCUT2D eigenvalue weighted by Crippen LogP contribution is 2.09. The van der Waals surface area contributed by atoms with Gasteiger partial charge >= 0.3 is 0 Å². The number of nitrogens with one attached hydrogen (secondary N) is 1. The Hall–Kier alpha value is -1.43. The van der Waals surface area contributed by atoms with E-state index >= 15 is 0 Å². The first-order valence-electron chi connectivity index (χ1n) is 4.40. The molecule has 0 amide bonds. The SMILES string of the molecule is CCn1ccnc1CNc1nncs1. The summed E-state index contributed by atoms with van der Waals surface area (Å²) in [5, 5.41) is 11.6. The first-order valence-corrected chi connectivity index (χ1v) is 5.28. The lowest BCUT2D eigenvalue weighted by atomic mass is 10.5. The number of imidazole rings is 1. The van der Waals surface area contributed by atoms with Gasteiger partial charge in [0.25, 0.3) is 0 Å². The number of aryl methyl sites for hydroxylation is 1. The summed E-state index contributed by atoms with van der Waals surface area (Å²) in [5.41, 5.74) is 1.70. The molecule has 0 radical (unpaired) electrons. The van der Waals surface area contributed by atoms with Crippen molar-refractivity contribution in [2.24, 2.45) is 0 Å². The smallest absolute Gasteiger partial charge is 0.205 e. The first-order chi connectivity index (χ1) is 6.90. The third-order valence-electron chi connectivity index (χ3n) is 1.90. The minimum Gasteiger partial charge on any atom is -0.353 e. The lowest BCUT2D eigenvalue weighted by Crippen LogP contribution is -2.07. The molecule has 0 saturated carbocycles. The molecule has 0 aliphatic rings. The molecule has 0 atom stereocenters. The van der Waals surface area contributed by atoms with Gasteiger partial charge in [0.15, 0.2) is 0 Å². The van der Waals surface area contributed by atoms with Crippen molar-refractivity contribution in [3.05, 3.63) is 23.7 Å². The molecular weight excluding hydrogens is 198 g/mol. The summed E-state index contributed by atoms with van der Waals surface area (Å²) in [6.07, 6.45) is 3.78. The number of hydrogen-bond acceptors (Lipinski definition) is 5. The van der Waals surface area contributed by atoms with Crippen LogP contribution in [0.2, 0.25) is 0 Å². The Morgan fingerprint density at radius 2 is 2.50 bits per heavy atom. The molecule has 14 heavy (non-hydrogen) atoms. The van der Waals surface area contributed by atoms with Gasteiger partial charge in [0.05, 0.1) is 6.54 Å². The van der Waals surface area contributed by atoms with Crippen LogP contribution in [0.25, 0.3) is 0 Å². The van der Waals surface area contributed by atoms with E-state index in [1.807, 2.05) is 6.20 Å². The molecule has 2 rings (SSSR count). The van der Waals surface area contributed by atoms with Gasteiger partial charge in [0.2, 0.25) is 5.13 Å². The number of aromatic nitrogens is 4. The summed E-state index contributed by atoms with van der Waals surface area (Å²) in [7, 11) is 0. The molecular formula is C8H11N5S. The maximum Gasteiger partial charge on any atom is 0.205 e. The van der Waals surface area contributed by atoms with Gasteiger partial charge in [-0.05, 0) is 6.92 Å². The van der Waals surface area contributed by atoms with Gasteiger partial charge in [-0.25, -0.2) is 4.98 Å². The Kier molecular flexibility index (Phi) is 2.73. The van der Waals surface area contributed by atoms with E-state index in [0.29, 0.717) is 6.54 Å². The van der Waals surface area contributed by atoms with Crippen LogP contribution in [0.15, 0.2) is 17.9 Å². The number of anilines is 1. The largest absolute Gasteiger partial charge is 0.353 e. The highest BCUT2D eigenvalue weighted by molar-refractivity contribution is 7.13. The van der Waals surface area contributed by atoms with Crippen molar-refractivity contribution in [2.45, 2.75) is 20.0 Å². The van der Waals surface area contributed by atoms with E-state index < -0.39 is 0 Å². The lowest BCUT2D eigenvalue weighted by Gasteiger charge is -2.04. The molecule has 74 valence electrons. The summed E-state index contributed by atoms with van der Waals surface area (Å²) in [4.78, 5) is 4.24. The first kappa shape index (κ1) is 9.14. The third-order valence-corrected chi connectivity index (χ3v) is 2.55. The van der Waals surface area contributed by atoms with Gasteiger partial charge < -0.3 is 9.88 Å². The fraction of sp³-hybridized carbons (Fsp3) is 0.375. The second kappa shape index (κ2) is 4.19. The van der Waals surface area contributed by atoms with Crippen molar-refractivity contribution in [1.29, 1.82) is 0 Å². The zero-order valence-corrected chi connectivity index (χ0v) is 8.66. The Morgan fingerprint density at radius 3 is 3.21 bits per heavy atom. The molecule has 6 heteroatoms. The van der Waals surface area contributed by atoms with Crippen LogP contribution in [0.3, 0.4) is 0 Å². The van der Waals surface area contributed by atoms with Crippen LogP contribution in [-0.2, 0) is 13.1 Å². The minimum absolute atomic E-state index is 0.691. The van der Waals surface area contributed by atoms with E-state index in [-0.39, 0.29) is 0 Å². The molecule has 0 fully saturated rings. The number of nitrogens with zero attached hydrogens (tertiary/aromatic N) is 4. The zero-order chi connectivity index (χ0) is 9.80. The Morgan fingerprint density at radius 1 is 1.57 bits per heavy atom. The predicted molar refractivity (Wildman–Crippen MR) is 55.1 cm³/mol. The number of rotatable bonds is 4. The van der Waals surface area contributed by atoms with Crippen molar-refractivity contribution in [3.63, 3.8) is 0 Å². The molecule has 1 N–H and O–H groups in total. The Bertz CT molecular complexity index is 380. The molecule has 0 unspecified atom stereocenters. The van der Waals surface area contributed by atoms with Crippen molar-refractivity contribution in [3.8, 4) is 0 Å². The molecule has 0 aromatic carbocycles. The highest BCUT2D eigenvalue weighted by Gasteiger charge is 2.01. The van der Waals surface area contributed by atoms with Crippen LogP contribution < -0.4 is 5.32 Å². The zero-order valence-electron chi connectivity index (χ0n) is 7.84. The average Bonchev–Trinajstić information content (AvgIpc) is 2.85. The van der Waals surface area contributed by atoms with Crippen LogP contribution >= 0.6 is 11.3 Å². The maximum absolute atomic E-state index is 4.24. The van der Waals surface area contributed by atoms with Gasteiger partial charge in [-0.15, -0.1) is 10.2 Å². The van der Waals surface area contributed by atoms with E-state index in [2.05, 4.69) is 32.0 Å². The quantitative estimate of drug-likeness (QED) is 0.826. The summed E-state index contributed by atoms with van der Waals surface area (Å²) >= 11 is 1.49. The van der Waals surface area contributed by atoms with Crippen LogP contribution in [0.5, 0.6) is 0 Å².